The molecule has 0 aromatic heterocycles. The first-order chi connectivity index (χ1) is 16.8. The Hall–Kier alpha value is -3.66. The van der Waals surface area contributed by atoms with Crippen LogP contribution in [0.15, 0.2) is 60.7 Å². The molecule has 10 heteroatoms. The van der Waals surface area contributed by atoms with Crippen molar-refractivity contribution in [2.75, 3.05) is 29.6 Å². The molecule has 1 fully saturated rings. The topological polar surface area (TPSA) is 61.9 Å². The van der Waals surface area contributed by atoms with Crippen molar-refractivity contribution in [1.29, 1.82) is 0 Å². The number of anilines is 2. The number of hydrogen-bond donors (Lipinski definition) is 1. The lowest BCUT2D eigenvalue weighted by Gasteiger charge is -2.33. The Morgan fingerprint density at radius 3 is 2.54 bits per heavy atom. The van der Waals surface area contributed by atoms with Crippen LogP contribution in [0, 0.1) is 17.5 Å². The fourth-order valence-electron chi connectivity index (χ4n) is 4.42. The lowest BCUT2D eigenvalue weighted by atomic mass is 10.1. The summed E-state index contributed by atoms with van der Waals surface area (Å²) >= 11 is 1.32. The number of methoxy groups -OCH3 is 1. The number of nitrogens with one attached hydrogen (secondary N) is 1. The average molecular weight is 500 g/mol. The molecule has 1 atom stereocenters. The van der Waals surface area contributed by atoms with Gasteiger partial charge in [0.15, 0.2) is 16.5 Å². The van der Waals surface area contributed by atoms with Crippen molar-refractivity contribution in [2.24, 2.45) is 0 Å². The summed E-state index contributed by atoms with van der Waals surface area (Å²) in [6.07, 6.45) is 0. The summed E-state index contributed by atoms with van der Waals surface area (Å²) in [5, 5.41) is 2.73. The van der Waals surface area contributed by atoms with Gasteiger partial charge in [0.25, 0.3) is 5.91 Å². The van der Waals surface area contributed by atoms with E-state index in [1.807, 2.05) is 0 Å². The number of rotatable bonds is 4. The number of carbonyl (C=O) groups is 2. The fourth-order valence-corrected chi connectivity index (χ4v) is 5.88. The van der Waals surface area contributed by atoms with Gasteiger partial charge in [-0.15, -0.1) is 11.8 Å². The van der Waals surface area contributed by atoms with Gasteiger partial charge in [0.05, 0.1) is 19.3 Å². The van der Waals surface area contributed by atoms with Crippen molar-refractivity contribution in [3.63, 3.8) is 0 Å². The number of fused-ring (bicyclic) bond motifs is 2. The summed E-state index contributed by atoms with van der Waals surface area (Å²) in [6.45, 7) is 0.282. The molecule has 1 unspecified atom stereocenters. The van der Waals surface area contributed by atoms with Crippen LogP contribution < -0.4 is 15.0 Å². The molecule has 0 aliphatic carbocycles. The first-order valence-electron chi connectivity index (χ1n) is 10.8. The van der Waals surface area contributed by atoms with Crippen LogP contribution in [-0.2, 0) is 16.2 Å². The summed E-state index contributed by atoms with van der Waals surface area (Å²) in [5.41, 5.74) is 1.91. The van der Waals surface area contributed by atoms with Crippen LogP contribution >= 0.6 is 11.8 Å². The first-order valence-corrected chi connectivity index (χ1v) is 11.7. The lowest BCUT2D eigenvalue weighted by Crippen LogP contribution is -2.51. The van der Waals surface area contributed by atoms with Gasteiger partial charge in [-0.05, 0) is 60.2 Å². The Morgan fingerprint density at radius 1 is 1.06 bits per heavy atom. The number of ether oxygens (including phenoxy) is 1. The number of hydrogen-bond acceptors (Lipinski definition) is 4. The second kappa shape index (κ2) is 8.84. The fraction of sp³-hybridized carbons (Fsp3) is 0.200. The summed E-state index contributed by atoms with van der Waals surface area (Å²) in [6, 6.07) is 13.4. The van der Waals surface area contributed by atoms with Crippen LogP contribution in [0.25, 0.3) is 0 Å². The zero-order valence-electron chi connectivity index (χ0n) is 18.6. The van der Waals surface area contributed by atoms with Crippen molar-refractivity contribution >= 4 is 35.1 Å². The molecular formula is C25H20F3N3O3S. The van der Waals surface area contributed by atoms with Crippen molar-refractivity contribution in [3.05, 3.63) is 89.2 Å². The summed E-state index contributed by atoms with van der Waals surface area (Å²) in [7, 11) is 1.50. The molecule has 3 amide bonds. The van der Waals surface area contributed by atoms with Crippen molar-refractivity contribution in [2.45, 2.75) is 11.4 Å². The van der Waals surface area contributed by atoms with E-state index >= 15 is 0 Å². The number of carbonyl (C=O) groups excluding carboxylic acids is 2. The number of thioether (sulfide) groups is 1. The standard InChI is InChI=1S/C25H20F3N3O3S/c1-34-18-7-9-22-19(13-18)25(23(32)30(22)14-15-2-8-20(27)21(28)12-15)31(10-11-35-25)24(33)29-17-5-3-16(26)4-6-17/h2-9,12-13H,10-11,14H2,1H3,(H,29,33). The van der Waals surface area contributed by atoms with Crippen LogP contribution in [-0.4, -0.2) is 36.2 Å². The predicted molar refractivity (Wildman–Crippen MR) is 127 cm³/mol. The minimum Gasteiger partial charge on any atom is -0.497 e. The number of halogens is 3. The van der Waals surface area contributed by atoms with Crippen molar-refractivity contribution in [1.82, 2.24) is 4.90 Å². The van der Waals surface area contributed by atoms with Gasteiger partial charge in [-0.3, -0.25) is 9.69 Å². The Kier molecular flexibility index (Phi) is 5.84. The largest absolute Gasteiger partial charge is 0.497 e. The molecule has 180 valence electrons. The van der Waals surface area contributed by atoms with E-state index in [2.05, 4.69) is 5.32 Å². The van der Waals surface area contributed by atoms with Gasteiger partial charge in [0, 0.05) is 23.5 Å². The van der Waals surface area contributed by atoms with E-state index in [1.165, 1.54) is 59.0 Å². The van der Waals surface area contributed by atoms with E-state index in [4.69, 9.17) is 4.74 Å². The highest BCUT2D eigenvalue weighted by molar-refractivity contribution is 8.01. The maximum Gasteiger partial charge on any atom is 0.323 e. The first kappa shape index (κ1) is 23.1. The molecule has 6 nitrogen and oxygen atoms in total. The normalized spacial score (nSPS) is 18.8. The van der Waals surface area contributed by atoms with Crippen LogP contribution in [0.1, 0.15) is 11.1 Å². The molecule has 0 bridgehead atoms. The van der Waals surface area contributed by atoms with Gasteiger partial charge in [0.1, 0.15) is 11.6 Å². The van der Waals surface area contributed by atoms with E-state index in [-0.39, 0.29) is 12.5 Å². The van der Waals surface area contributed by atoms with Gasteiger partial charge in [0.2, 0.25) is 0 Å². The van der Waals surface area contributed by atoms with Gasteiger partial charge in [-0.25, -0.2) is 18.0 Å². The third kappa shape index (κ3) is 3.87. The SMILES string of the molecule is COc1ccc2c(c1)C1(SCCN1C(=O)Nc1ccc(F)cc1)C(=O)N2Cc1ccc(F)c(F)c1. The molecule has 2 aliphatic heterocycles. The van der Waals surface area contributed by atoms with Crippen LogP contribution in [0.2, 0.25) is 0 Å². The van der Waals surface area contributed by atoms with Crippen LogP contribution in [0.3, 0.4) is 0 Å². The zero-order chi connectivity index (χ0) is 24.7. The molecule has 2 heterocycles. The zero-order valence-corrected chi connectivity index (χ0v) is 19.4. The summed E-state index contributed by atoms with van der Waals surface area (Å²) < 4.78 is 46.0. The second-order valence-electron chi connectivity index (χ2n) is 8.10. The quantitative estimate of drug-likeness (QED) is 0.543. The summed E-state index contributed by atoms with van der Waals surface area (Å²) in [4.78, 5) is 28.9. The highest BCUT2D eigenvalue weighted by Gasteiger charge is 2.59. The van der Waals surface area contributed by atoms with E-state index in [0.717, 1.165) is 12.1 Å². The third-order valence-corrected chi connectivity index (χ3v) is 7.49. The molecule has 3 aromatic carbocycles. The maximum absolute atomic E-state index is 14.0. The monoisotopic (exact) mass is 499 g/mol. The minimum absolute atomic E-state index is 0.00884. The molecule has 1 N–H and O–H groups in total. The Balaban J connectivity index is 1.54. The van der Waals surface area contributed by atoms with Gasteiger partial charge in [-0.1, -0.05) is 6.07 Å². The molecule has 35 heavy (non-hydrogen) atoms. The lowest BCUT2D eigenvalue weighted by molar-refractivity contribution is -0.123. The average Bonchev–Trinajstić information content (AvgIpc) is 3.40. The van der Waals surface area contributed by atoms with Gasteiger partial charge in [-0.2, -0.15) is 0 Å². The van der Waals surface area contributed by atoms with E-state index < -0.39 is 28.4 Å². The van der Waals surface area contributed by atoms with Crippen molar-refractivity contribution < 1.29 is 27.5 Å². The van der Waals surface area contributed by atoms with Crippen molar-refractivity contribution in [3.8, 4) is 5.75 Å². The molecule has 2 aliphatic rings. The number of nitrogens with zero attached hydrogens (tertiary/aromatic N) is 2. The Bertz CT molecular complexity index is 1320. The second-order valence-corrected chi connectivity index (χ2v) is 9.39. The predicted octanol–water partition coefficient (Wildman–Crippen LogP) is 5.09. The van der Waals surface area contributed by atoms with Gasteiger partial charge >= 0.3 is 6.03 Å². The maximum atomic E-state index is 14.0. The number of amides is 3. The summed E-state index contributed by atoms with van der Waals surface area (Å²) in [5.74, 6) is -1.78. The molecule has 0 saturated carbocycles. The van der Waals surface area contributed by atoms with Crippen LogP contribution in [0.5, 0.6) is 5.75 Å². The van der Waals surface area contributed by atoms with Crippen LogP contribution in [0.4, 0.5) is 29.3 Å². The number of urea groups is 1. The van der Waals surface area contributed by atoms with E-state index in [1.54, 1.807) is 18.2 Å². The molecule has 3 aromatic rings. The smallest absolute Gasteiger partial charge is 0.323 e. The Labute approximate surface area is 203 Å². The van der Waals surface area contributed by atoms with Gasteiger partial charge < -0.3 is 15.0 Å². The third-order valence-electron chi connectivity index (χ3n) is 6.07. The molecular weight excluding hydrogens is 479 g/mol. The highest BCUT2D eigenvalue weighted by Crippen LogP contribution is 2.55. The molecule has 0 radical (unpaired) electrons. The van der Waals surface area contributed by atoms with E-state index in [9.17, 15) is 22.8 Å². The highest BCUT2D eigenvalue weighted by atomic mass is 32.2. The van der Waals surface area contributed by atoms with E-state index in [0.29, 0.717) is 40.5 Å². The molecule has 1 spiro atoms. The minimum atomic E-state index is -1.37. The number of benzene rings is 3. The molecule has 1 saturated heterocycles. The molecule has 5 rings (SSSR count). The Morgan fingerprint density at radius 2 is 1.83 bits per heavy atom.